The zero-order valence-electron chi connectivity index (χ0n) is 10.6. The van der Waals surface area contributed by atoms with Crippen molar-refractivity contribution in [2.45, 2.75) is 19.4 Å². The number of aliphatic imine (C=N–C) groups is 1. The highest BCUT2D eigenvalue weighted by molar-refractivity contribution is 6.35. The molecule has 0 radical (unpaired) electrons. The molecule has 5 heteroatoms. The van der Waals surface area contributed by atoms with Gasteiger partial charge in [0.2, 0.25) is 5.54 Å². The summed E-state index contributed by atoms with van der Waals surface area (Å²) in [6, 6.07) is 4.98. The number of rotatable bonds is 3. The number of benzene rings is 1. The first-order valence-corrected chi connectivity index (χ1v) is 6.63. The second kappa shape index (κ2) is 5.35. The lowest BCUT2D eigenvalue weighted by Gasteiger charge is -2.23. The second-order valence-electron chi connectivity index (χ2n) is 4.20. The quantitative estimate of drug-likeness (QED) is 0.796. The normalized spacial score (nSPS) is 21.4. The van der Waals surface area contributed by atoms with E-state index in [0.29, 0.717) is 15.6 Å². The number of halogens is 2. The highest BCUT2D eigenvalue weighted by Gasteiger charge is 2.42. The third-order valence-electron chi connectivity index (χ3n) is 2.85. The van der Waals surface area contributed by atoms with Crippen LogP contribution in [-0.2, 0) is 15.1 Å². The SMILES string of the molecule is CCOC(=O)C1(c2ccc(Cl)cc2Cl)C=CC(C)=N1. The number of hydrogen-bond acceptors (Lipinski definition) is 3. The van der Waals surface area contributed by atoms with Crippen LogP contribution in [0.15, 0.2) is 35.3 Å². The molecule has 0 saturated heterocycles. The highest BCUT2D eigenvalue weighted by atomic mass is 35.5. The number of carbonyl (C=O) groups is 1. The van der Waals surface area contributed by atoms with E-state index in [-0.39, 0.29) is 6.61 Å². The van der Waals surface area contributed by atoms with Crippen LogP contribution in [0.3, 0.4) is 0 Å². The topological polar surface area (TPSA) is 38.7 Å². The molecular formula is C14H13Cl2NO2. The lowest BCUT2D eigenvalue weighted by atomic mass is 9.91. The Balaban J connectivity index is 2.57. The van der Waals surface area contributed by atoms with Gasteiger partial charge in [-0.05, 0) is 38.1 Å². The van der Waals surface area contributed by atoms with Gasteiger partial charge in [-0.15, -0.1) is 0 Å². The molecule has 0 aliphatic carbocycles. The van der Waals surface area contributed by atoms with E-state index >= 15 is 0 Å². The minimum absolute atomic E-state index is 0.286. The van der Waals surface area contributed by atoms with Crippen LogP contribution in [0, 0.1) is 0 Å². The van der Waals surface area contributed by atoms with Crippen LogP contribution in [0.2, 0.25) is 10.0 Å². The molecule has 1 heterocycles. The van der Waals surface area contributed by atoms with Crippen molar-refractivity contribution in [2.75, 3.05) is 6.61 Å². The van der Waals surface area contributed by atoms with Crippen molar-refractivity contribution < 1.29 is 9.53 Å². The van der Waals surface area contributed by atoms with E-state index < -0.39 is 11.5 Å². The Labute approximate surface area is 121 Å². The van der Waals surface area contributed by atoms with Gasteiger partial charge in [0, 0.05) is 21.3 Å². The summed E-state index contributed by atoms with van der Waals surface area (Å²) in [5.41, 5.74) is 0.131. The van der Waals surface area contributed by atoms with Crippen LogP contribution < -0.4 is 0 Å². The number of carbonyl (C=O) groups excluding carboxylic acids is 1. The molecule has 0 aromatic heterocycles. The first kappa shape index (κ1) is 14.1. The molecule has 0 amide bonds. The van der Waals surface area contributed by atoms with Gasteiger partial charge in [0.05, 0.1) is 6.61 Å². The smallest absolute Gasteiger partial charge is 0.342 e. The van der Waals surface area contributed by atoms with Crippen molar-refractivity contribution in [3.8, 4) is 0 Å². The lowest BCUT2D eigenvalue weighted by molar-refractivity contribution is -0.147. The highest BCUT2D eigenvalue weighted by Crippen LogP contribution is 2.38. The van der Waals surface area contributed by atoms with Gasteiger partial charge >= 0.3 is 5.97 Å². The minimum Gasteiger partial charge on any atom is -0.464 e. The van der Waals surface area contributed by atoms with Crippen molar-refractivity contribution in [3.05, 3.63) is 46.0 Å². The average molecular weight is 298 g/mol. The molecule has 2 rings (SSSR count). The van der Waals surface area contributed by atoms with Gasteiger partial charge in [0.25, 0.3) is 0 Å². The van der Waals surface area contributed by atoms with E-state index in [4.69, 9.17) is 27.9 Å². The van der Waals surface area contributed by atoms with Gasteiger partial charge in [0.1, 0.15) is 0 Å². The Morgan fingerprint density at radius 2 is 2.16 bits per heavy atom. The molecule has 3 nitrogen and oxygen atoms in total. The third-order valence-corrected chi connectivity index (χ3v) is 3.39. The van der Waals surface area contributed by atoms with Crippen LogP contribution in [-0.4, -0.2) is 18.3 Å². The molecule has 1 aliphatic heterocycles. The fourth-order valence-corrected chi connectivity index (χ4v) is 2.56. The predicted octanol–water partition coefficient (Wildman–Crippen LogP) is 3.78. The average Bonchev–Trinajstić information content (AvgIpc) is 2.73. The molecule has 1 aromatic rings. The van der Waals surface area contributed by atoms with Gasteiger partial charge in [-0.2, -0.15) is 0 Å². The van der Waals surface area contributed by atoms with Crippen LogP contribution in [0.5, 0.6) is 0 Å². The van der Waals surface area contributed by atoms with E-state index in [0.717, 1.165) is 5.71 Å². The van der Waals surface area contributed by atoms with E-state index in [9.17, 15) is 4.79 Å². The Bertz CT molecular complexity index is 581. The molecule has 19 heavy (non-hydrogen) atoms. The molecule has 1 aromatic carbocycles. The Morgan fingerprint density at radius 1 is 1.42 bits per heavy atom. The van der Waals surface area contributed by atoms with E-state index in [2.05, 4.69) is 4.99 Å². The summed E-state index contributed by atoms with van der Waals surface area (Å²) < 4.78 is 5.13. The number of allylic oxidation sites excluding steroid dienone is 1. The van der Waals surface area contributed by atoms with Crippen LogP contribution in [0.25, 0.3) is 0 Å². The predicted molar refractivity (Wildman–Crippen MR) is 77.0 cm³/mol. The number of nitrogens with zero attached hydrogens (tertiary/aromatic N) is 1. The first-order chi connectivity index (χ1) is 8.99. The van der Waals surface area contributed by atoms with Gasteiger partial charge < -0.3 is 4.74 Å². The molecule has 0 N–H and O–H groups in total. The monoisotopic (exact) mass is 297 g/mol. The summed E-state index contributed by atoms with van der Waals surface area (Å²) in [6.45, 7) is 3.86. The summed E-state index contributed by atoms with van der Waals surface area (Å²) in [7, 11) is 0. The maximum atomic E-state index is 12.3. The molecule has 1 atom stereocenters. The first-order valence-electron chi connectivity index (χ1n) is 5.88. The summed E-state index contributed by atoms with van der Waals surface area (Å²) in [4.78, 5) is 16.7. The van der Waals surface area contributed by atoms with Crippen molar-refractivity contribution in [2.24, 2.45) is 4.99 Å². The largest absolute Gasteiger partial charge is 0.464 e. The van der Waals surface area contributed by atoms with E-state index in [1.807, 2.05) is 6.92 Å². The van der Waals surface area contributed by atoms with Crippen LogP contribution in [0.1, 0.15) is 19.4 Å². The number of esters is 1. The van der Waals surface area contributed by atoms with Gasteiger partial charge in [0.15, 0.2) is 0 Å². The van der Waals surface area contributed by atoms with Crippen LogP contribution in [0.4, 0.5) is 0 Å². The Hall–Kier alpha value is -1.32. The molecule has 0 saturated carbocycles. The summed E-state index contributed by atoms with van der Waals surface area (Å²) in [5, 5.41) is 0.902. The number of ether oxygens (including phenoxy) is 1. The molecule has 0 fully saturated rings. The Kier molecular flexibility index (Phi) is 3.97. The van der Waals surface area contributed by atoms with Gasteiger partial charge in [-0.25, -0.2) is 4.79 Å². The fraction of sp³-hybridized carbons (Fsp3) is 0.286. The van der Waals surface area contributed by atoms with Crippen LogP contribution >= 0.6 is 23.2 Å². The molecule has 0 bridgehead atoms. The Morgan fingerprint density at radius 3 is 2.68 bits per heavy atom. The van der Waals surface area contributed by atoms with Crippen molar-refractivity contribution in [1.29, 1.82) is 0 Å². The number of hydrogen-bond donors (Lipinski definition) is 0. The van der Waals surface area contributed by atoms with Gasteiger partial charge in [-0.3, -0.25) is 4.99 Å². The molecular weight excluding hydrogens is 285 g/mol. The zero-order valence-corrected chi connectivity index (χ0v) is 12.1. The van der Waals surface area contributed by atoms with Crippen molar-refractivity contribution in [1.82, 2.24) is 0 Å². The van der Waals surface area contributed by atoms with E-state index in [1.54, 1.807) is 37.3 Å². The van der Waals surface area contributed by atoms with Crippen molar-refractivity contribution in [3.63, 3.8) is 0 Å². The standard InChI is InChI=1S/C14H13Cl2NO2/c1-3-19-13(18)14(7-6-9(2)17-14)11-5-4-10(15)8-12(11)16/h4-8H,3H2,1-2H3. The lowest BCUT2D eigenvalue weighted by Crippen LogP contribution is -2.33. The molecule has 100 valence electrons. The molecule has 1 unspecified atom stereocenters. The molecule has 0 spiro atoms. The maximum absolute atomic E-state index is 12.3. The minimum atomic E-state index is -1.19. The van der Waals surface area contributed by atoms with E-state index in [1.165, 1.54) is 0 Å². The fourth-order valence-electron chi connectivity index (χ4n) is 2.01. The zero-order chi connectivity index (χ0) is 14.0. The molecule has 1 aliphatic rings. The van der Waals surface area contributed by atoms with Gasteiger partial charge in [-0.1, -0.05) is 29.3 Å². The van der Waals surface area contributed by atoms with Crippen molar-refractivity contribution >= 4 is 34.9 Å². The summed E-state index contributed by atoms with van der Waals surface area (Å²) >= 11 is 12.1. The second-order valence-corrected chi connectivity index (χ2v) is 5.04. The summed E-state index contributed by atoms with van der Waals surface area (Å²) in [5.74, 6) is -0.438. The summed E-state index contributed by atoms with van der Waals surface area (Å²) in [6.07, 6.45) is 3.48. The maximum Gasteiger partial charge on any atom is 0.342 e. The third kappa shape index (κ3) is 2.53.